The number of hydrogen-bond donors (Lipinski definition) is 0. The lowest BCUT2D eigenvalue weighted by atomic mass is 10.0. The van der Waals surface area contributed by atoms with Crippen molar-refractivity contribution in [2.75, 3.05) is 6.54 Å². The second kappa shape index (κ2) is 7.85. The monoisotopic (exact) mass is 349 g/mol. The van der Waals surface area contributed by atoms with E-state index in [1.54, 1.807) is 6.08 Å². The van der Waals surface area contributed by atoms with Crippen LogP contribution in [0, 0.1) is 0 Å². The van der Waals surface area contributed by atoms with Crippen LogP contribution >= 0.6 is 0 Å². The number of rotatable bonds is 6. The van der Waals surface area contributed by atoms with Crippen molar-refractivity contribution in [3.8, 4) is 0 Å². The minimum atomic E-state index is -0.118. The molecule has 2 aromatic rings. The Morgan fingerprint density at radius 3 is 2.15 bits per heavy atom. The van der Waals surface area contributed by atoms with E-state index in [4.69, 9.17) is 9.47 Å². The van der Waals surface area contributed by atoms with Crippen LogP contribution < -0.4 is 0 Å². The minimum absolute atomic E-state index is 0.0528. The average Bonchev–Trinajstić information content (AvgIpc) is 3.05. The van der Waals surface area contributed by atoms with Crippen LogP contribution in [0.3, 0.4) is 0 Å². The molecular weight excluding hydrogens is 326 g/mol. The molecule has 4 rings (SSSR count). The first-order valence-corrected chi connectivity index (χ1v) is 9.09. The van der Waals surface area contributed by atoms with Crippen LogP contribution in [0.15, 0.2) is 72.8 Å². The Morgan fingerprint density at radius 2 is 1.50 bits per heavy atom. The summed E-state index contributed by atoms with van der Waals surface area (Å²) in [6, 6.07) is 20.3. The summed E-state index contributed by atoms with van der Waals surface area (Å²) in [5.41, 5.74) is 2.26. The van der Waals surface area contributed by atoms with Gasteiger partial charge in [-0.3, -0.25) is 4.79 Å². The first kappa shape index (κ1) is 17.0. The van der Waals surface area contributed by atoms with Gasteiger partial charge in [-0.2, -0.15) is 0 Å². The summed E-state index contributed by atoms with van der Waals surface area (Å²) in [5, 5.41) is 0. The lowest BCUT2D eigenvalue weighted by Gasteiger charge is -2.29. The molecule has 0 spiro atoms. The molecule has 1 amide bonds. The van der Waals surface area contributed by atoms with Crippen molar-refractivity contribution in [1.29, 1.82) is 0 Å². The van der Waals surface area contributed by atoms with Gasteiger partial charge in [-0.05, 0) is 23.6 Å². The number of hydrogen-bond acceptors (Lipinski definition) is 3. The van der Waals surface area contributed by atoms with Gasteiger partial charge in [0.15, 0.2) is 0 Å². The lowest BCUT2D eigenvalue weighted by Crippen LogP contribution is -2.42. The number of ether oxygens (including phenoxy) is 2. The van der Waals surface area contributed by atoms with Gasteiger partial charge in [0, 0.05) is 0 Å². The zero-order chi connectivity index (χ0) is 17.8. The van der Waals surface area contributed by atoms with Crippen molar-refractivity contribution < 1.29 is 14.3 Å². The van der Waals surface area contributed by atoms with Crippen LogP contribution in [0.4, 0.5) is 0 Å². The van der Waals surface area contributed by atoms with E-state index in [2.05, 4.69) is 24.3 Å². The highest BCUT2D eigenvalue weighted by atomic mass is 16.5. The number of carbonyl (C=O) groups is 1. The van der Waals surface area contributed by atoms with E-state index in [1.165, 1.54) is 0 Å². The van der Waals surface area contributed by atoms with Gasteiger partial charge in [0.05, 0.1) is 25.8 Å². The topological polar surface area (TPSA) is 38.8 Å². The molecule has 2 aliphatic rings. The zero-order valence-corrected chi connectivity index (χ0v) is 14.7. The standard InChI is InChI=1S/C22H23NO3/c24-21-13-7-12-19-22(26-16-18-10-5-2-6-11-18)20(14-23(19)21)25-15-17-8-3-1-4-9-17/h1-11,13,19-20,22H,12,14-16H2/t19-,20-,22-/m1/s1. The van der Waals surface area contributed by atoms with Crippen LogP contribution in [0.5, 0.6) is 0 Å². The smallest absolute Gasteiger partial charge is 0.246 e. The van der Waals surface area contributed by atoms with Crippen molar-refractivity contribution in [1.82, 2.24) is 4.90 Å². The molecule has 1 fully saturated rings. The molecule has 0 bridgehead atoms. The summed E-state index contributed by atoms with van der Waals surface area (Å²) in [7, 11) is 0. The van der Waals surface area contributed by atoms with Crippen LogP contribution in [0.1, 0.15) is 17.5 Å². The SMILES string of the molecule is O=C1C=CC[C@@H]2[C@@H](OCc3ccccc3)[C@H](OCc3ccccc3)CN12. The Balaban J connectivity index is 1.46. The summed E-state index contributed by atoms with van der Waals surface area (Å²) in [5.74, 6) is 0.0559. The van der Waals surface area contributed by atoms with Crippen molar-refractivity contribution in [3.63, 3.8) is 0 Å². The third-order valence-electron chi connectivity index (χ3n) is 5.04. The van der Waals surface area contributed by atoms with Gasteiger partial charge in [-0.1, -0.05) is 66.7 Å². The second-order valence-corrected chi connectivity index (χ2v) is 6.79. The van der Waals surface area contributed by atoms with E-state index in [0.717, 1.165) is 17.5 Å². The Labute approximate surface area is 154 Å². The Hall–Kier alpha value is -2.43. The normalized spacial score (nSPS) is 24.7. The largest absolute Gasteiger partial charge is 0.369 e. The molecular formula is C22H23NO3. The average molecular weight is 349 g/mol. The second-order valence-electron chi connectivity index (χ2n) is 6.79. The first-order chi connectivity index (χ1) is 12.8. The lowest BCUT2D eigenvalue weighted by molar-refractivity contribution is -0.128. The fourth-order valence-corrected chi connectivity index (χ4v) is 3.69. The fourth-order valence-electron chi connectivity index (χ4n) is 3.69. The molecule has 2 aliphatic heterocycles. The minimum Gasteiger partial charge on any atom is -0.369 e. The fraction of sp³-hybridized carbons (Fsp3) is 0.318. The number of nitrogens with zero attached hydrogens (tertiary/aromatic N) is 1. The quantitative estimate of drug-likeness (QED) is 0.803. The summed E-state index contributed by atoms with van der Waals surface area (Å²) in [4.78, 5) is 14.1. The molecule has 2 heterocycles. The molecule has 26 heavy (non-hydrogen) atoms. The van der Waals surface area contributed by atoms with Crippen molar-refractivity contribution >= 4 is 5.91 Å². The Morgan fingerprint density at radius 1 is 0.885 bits per heavy atom. The Kier molecular flexibility index (Phi) is 5.14. The van der Waals surface area contributed by atoms with Crippen LogP contribution in [0.2, 0.25) is 0 Å². The molecule has 4 nitrogen and oxygen atoms in total. The molecule has 0 saturated carbocycles. The number of amides is 1. The summed E-state index contributed by atoms with van der Waals surface area (Å²) < 4.78 is 12.4. The van der Waals surface area contributed by atoms with Crippen molar-refractivity contribution in [2.45, 2.75) is 37.9 Å². The van der Waals surface area contributed by atoms with E-state index >= 15 is 0 Å². The third-order valence-corrected chi connectivity index (χ3v) is 5.04. The number of fused-ring (bicyclic) bond motifs is 1. The molecule has 2 aromatic carbocycles. The highest BCUT2D eigenvalue weighted by molar-refractivity contribution is 5.89. The van der Waals surface area contributed by atoms with E-state index in [0.29, 0.717) is 19.8 Å². The van der Waals surface area contributed by atoms with Gasteiger partial charge in [-0.15, -0.1) is 0 Å². The zero-order valence-electron chi connectivity index (χ0n) is 14.7. The van der Waals surface area contributed by atoms with E-state index < -0.39 is 0 Å². The van der Waals surface area contributed by atoms with Gasteiger partial charge in [0.25, 0.3) is 0 Å². The molecule has 3 atom stereocenters. The predicted molar refractivity (Wildman–Crippen MR) is 99.3 cm³/mol. The van der Waals surface area contributed by atoms with E-state index in [1.807, 2.05) is 47.4 Å². The maximum absolute atomic E-state index is 12.2. The van der Waals surface area contributed by atoms with Gasteiger partial charge >= 0.3 is 0 Å². The maximum Gasteiger partial charge on any atom is 0.246 e. The molecule has 0 aromatic heterocycles. The highest BCUT2D eigenvalue weighted by Gasteiger charge is 2.45. The number of carbonyl (C=O) groups excluding carboxylic acids is 1. The van der Waals surface area contributed by atoms with Crippen LogP contribution in [-0.4, -0.2) is 35.6 Å². The molecule has 0 radical (unpaired) electrons. The van der Waals surface area contributed by atoms with Gasteiger partial charge in [0.2, 0.25) is 5.91 Å². The van der Waals surface area contributed by atoms with E-state index in [-0.39, 0.29) is 24.2 Å². The molecule has 134 valence electrons. The first-order valence-electron chi connectivity index (χ1n) is 9.09. The third kappa shape index (κ3) is 3.71. The summed E-state index contributed by atoms with van der Waals surface area (Å²) in [6.45, 7) is 1.64. The van der Waals surface area contributed by atoms with Crippen molar-refractivity contribution in [3.05, 3.63) is 83.9 Å². The van der Waals surface area contributed by atoms with Gasteiger partial charge in [0.1, 0.15) is 12.2 Å². The van der Waals surface area contributed by atoms with E-state index in [9.17, 15) is 4.79 Å². The summed E-state index contributed by atoms with van der Waals surface area (Å²) in [6.07, 6.45) is 4.18. The molecule has 0 unspecified atom stereocenters. The molecule has 0 N–H and O–H groups in total. The van der Waals surface area contributed by atoms with Crippen LogP contribution in [-0.2, 0) is 27.5 Å². The molecule has 4 heteroatoms. The summed E-state index contributed by atoms with van der Waals surface area (Å²) >= 11 is 0. The number of benzene rings is 2. The highest BCUT2D eigenvalue weighted by Crippen LogP contribution is 2.30. The van der Waals surface area contributed by atoms with Crippen LogP contribution in [0.25, 0.3) is 0 Å². The predicted octanol–water partition coefficient (Wildman–Crippen LogP) is 3.33. The molecule has 0 aliphatic carbocycles. The van der Waals surface area contributed by atoms with Crippen molar-refractivity contribution in [2.24, 2.45) is 0 Å². The maximum atomic E-state index is 12.2. The molecule has 1 saturated heterocycles. The van der Waals surface area contributed by atoms with Gasteiger partial charge < -0.3 is 14.4 Å². The van der Waals surface area contributed by atoms with Gasteiger partial charge in [-0.25, -0.2) is 0 Å². The Bertz CT molecular complexity index is 759.